The predicted molar refractivity (Wildman–Crippen MR) is 132 cm³/mol. The fraction of sp³-hybridized carbons (Fsp3) is 0.379. The monoisotopic (exact) mass is 399 g/mol. The molecule has 3 aromatic carbocycles. The Morgan fingerprint density at radius 2 is 1.23 bits per heavy atom. The van der Waals surface area contributed by atoms with Crippen molar-refractivity contribution in [2.24, 2.45) is 5.92 Å². The van der Waals surface area contributed by atoms with Crippen molar-refractivity contribution in [1.29, 1.82) is 0 Å². The van der Waals surface area contributed by atoms with Gasteiger partial charge >= 0.3 is 0 Å². The Morgan fingerprint density at radius 3 is 1.80 bits per heavy atom. The van der Waals surface area contributed by atoms with Crippen LogP contribution in [0.25, 0.3) is 0 Å². The van der Waals surface area contributed by atoms with Gasteiger partial charge in [0.2, 0.25) is 0 Å². The minimum atomic E-state index is 0.626. The summed E-state index contributed by atoms with van der Waals surface area (Å²) in [5.41, 5.74) is 6.74. The van der Waals surface area contributed by atoms with Gasteiger partial charge in [0.05, 0.1) is 0 Å². The molecule has 158 valence electrons. The van der Waals surface area contributed by atoms with E-state index in [9.17, 15) is 0 Å². The van der Waals surface area contributed by atoms with E-state index in [1.54, 1.807) is 0 Å². The minimum absolute atomic E-state index is 0.626. The highest BCUT2D eigenvalue weighted by Gasteiger charge is 2.13. The Bertz CT molecular complexity index is 865. The molecule has 3 rings (SSSR count). The zero-order valence-electron chi connectivity index (χ0n) is 19.1. The first-order valence-corrected chi connectivity index (χ1v) is 11.6. The second-order valence-electron chi connectivity index (χ2n) is 8.63. The Balaban J connectivity index is 1.68. The van der Waals surface area contributed by atoms with Crippen LogP contribution in [0.3, 0.4) is 0 Å². The SMILES string of the molecule is CCCC(C)C(C)c1ccc(Cc2ccc(N(CCC)c3ccccc3)cc2)cc1. The van der Waals surface area contributed by atoms with Crippen LogP contribution in [0.2, 0.25) is 0 Å². The van der Waals surface area contributed by atoms with Crippen LogP contribution < -0.4 is 4.90 Å². The van der Waals surface area contributed by atoms with Gasteiger partial charge in [0.1, 0.15) is 0 Å². The average molecular weight is 400 g/mol. The molecule has 30 heavy (non-hydrogen) atoms. The van der Waals surface area contributed by atoms with Gasteiger partial charge in [-0.15, -0.1) is 0 Å². The number of hydrogen-bond donors (Lipinski definition) is 0. The fourth-order valence-electron chi connectivity index (χ4n) is 4.24. The molecule has 0 fully saturated rings. The molecule has 0 spiro atoms. The molecule has 0 aromatic heterocycles. The fourth-order valence-corrected chi connectivity index (χ4v) is 4.24. The molecule has 0 amide bonds. The van der Waals surface area contributed by atoms with Crippen molar-refractivity contribution in [1.82, 2.24) is 0 Å². The standard InChI is InChI=1S/C29H37N/c1-5-10-23(3)24(4)27-17-13-25(14-18-27)22-26-15-19-29(20-16-26)30(21-6-2)28-11-8-7-9-12-28/h7-9,11-20,23-24H,5-6,10,21-22H2,1-4H3. The first kappa shape index (κ1) is 22.2. The van der Waals surface area contributed by atoms with E-state index >= 15 is 0 Å². The number of hydrogen-bond acceptors (Lipinski definition) is 1. The van der Waals surface area contributed by atoms with Crippen molar-refractivity contribution >= 4 is 11.4 Å². The lowest BCUT2D eigenvalue weighted by Crippen LogP contribution is -2.17. The summed E-state index contributed by atoms with van der Waals surface area (Å²) >= 11 is 0. The lowest BCUT2D eigenvalue weighted by atomic mass is 9.85. The lowest BCUT2D eigenvalue weighted by Gasteiger charge is -2.24. The summed E-state index contributed by atoms with van der Waals surface area (Å²) in [6.07, 6.45) is 4.67. The van der Waals surface area contributed by atoms with Crippen LogP contribution in [0, 0.1) is 5.92 Å². The third-order valence-corrected chi connectivity index (χ3v) is 6.27. The maximum Gasteiger partial charge on any atom is 0.0410 e. The Labute approximate surface area is 183 Å². The molecular formula is C29H37N. The van der Waals surface area contributed by atoms with E-state index in [1.165, 1.54) is 40.9 Å². The number of benzene rings is 3. The molecule has 1 nitrogen and oxygen atoms in total. The summed E-state index contributed by atoms with van der Waals surface area (Å²) in [6, 6.07) is 29.0. The van der Waals surface area contributed by atoms with Gasteiger partial charge in [0.25, 0.3) is 0 Å². The lowest BCUT2D eigenvalue weighted by molar-refractivity contribution is 0.448. The summed E-state index contributed by atoms with van der Waals surface area (Å²) in [4.78, 5) is 2.40. The number of nitrogens with zero attached hydrogens (tertiary/aromatic N) is 1. The minimum Gasteiger partial charge on any atom is -0.342 e. The molecular weight excluding hydrogens is 362 g/mol. The van der Waals surface area contributed by atoms with Gasteiger partial charge in [0.15, 0.2) is 0 Å². The smallest absolute Gasteiger partial charge is 0.0410 e. The van der Waals surface area contributed by atoms with Crippen molar-refractivity contribution < 1.29 is 0 Å². The van der Waals surface area contributed by atoms with Gasteiger partial charge in [-0.25, -0.2) is 0 Å². The predicted octanol–water partition coefficient (Wildman–Crippen LogP) is 8.37. The van der Waals surface area contributed by atoms with Gasteiger partial charge in [-0.05, 0) is 65.6 Å². The number of rotatable bonds is 10. The van der Waals surface area contributed by atoms with Crippen molar-refractivity contribution in [3.63, 3.8) is 0 Å². The molecule has 0 bridgehead atoms. The van der Waals surface area contributed by atoms with E-state index in [4.69, 9.17) is 0 Å². The van der Waals surface area contributed by atoms with E-state index in [2.05, 4.69) is 111 Å². The highest BCUT2D eigenvalue weighted by Crippen LogP contribution is 2.29. The zero-order chi connectivity index (χ0) is 21.3. The summed E-state index contributed by atoms with van der Waals surface area (Å²) in [5, 5.41) is 0. The van der Waals surface area contributed by atoms with Gasteiger partial charge < -0.3 is 4.90 Å². The van der Waals surface area contributed by atoms with Crippen molar-refractivity contribution in [3.05, 3.63) is 95.6 Å². The largest absolute Gasteiger partial charge is 0.342 e. The van der Waals surface area contributed by atoms with Crippen LogP contribution in [0.5, 0.6) is 0 Å². The molecule has 1 heteroatoms. The van der Waals surface area contributed by atoms with Gasteiger partial charge in [-0.3, -0.25) is 0 Å². The molecule has 0 saturated heterocycles. The molecule has 3 aromatic rings. The molecule has 2 atom stereocenters. The van der Waals surface area contributed by atoms with E-state index in [0.717, 1.165) is 25.3 Å². The molecule has 0 radical (unpaired) electrons. The van der Waals surface area contributed by atoms with Crippen LogP contribution >= 0.6 is 0 Å². The van der Waals surface area contributed by atoms with Crippen LogP contribution in [0.1, 0.15) is 69.6 Å². The maximum absolute atomic E-state index is 2.40. The van der Waals surface area contributed by atoms with Crippen LogP contribution in [-0.2, 0) is 6.42 Å². The third kappa shape index (κ3) is 5.75. The quantitative estimate of drug-likeness (QED) is 0.331. The molecule has 0 aliphatic rings. The molecule has 0 N–H and O–H groups in total. The summed E-state index contributed by atoms with van der Waals surface area (Å²) in [5.74, 6) is 1.37. The summed E-state index contributed by atoms with van der Waals surface area (Å²) in [7, 11) is 0. The third-order valence-electron chi connectivity index (χ3n) is 6.27. The van der Waals surface area contributed by atoms with Crippen LogP contribution in [0.15, 0.2) is 78.9 Å². The average Bonchev–Trinajstić information content (AvgIpc) is 2.79. The molecule has 2 unspecified atom stereocenters. The maximum atomic E-state index is 2.40. The second kappa shape index (κ2) is 11.0. The van der Waals surface area contributed by atoms with E-state index in [0.29, 0.717) is 5.92 Å². The van der Waals surface area contributed by atoms with Gasteiger partial charge in [0, 0.05) is 17.9 Å². The van der Waals surface area contributed by atoms with Crippen molar-refractivity contribution in [3.8, 4) is 0 Å². The number of para-hydroxylation sites is 1. The van der Waals surface area contributed by atoms with E-state index < -0.39 is 0 Å². The first-order valence-electron chi connectivity index (χ1n) is 11.6. The molecule has 0 heterocycles. The van der Waals surface area contributed by atoms with Crippen LogP contribution in [-0.4, -0.2) is 6.54 Å². The molecule has 0 aliphatic carbocycles. The Hall–Kier alpha value is -2.54. The van der Waals surface area contributed by atoms with Crippen molar-refractivity contribution in [2.45, 2.75) is 59.3 Å². The highest BCUT2D eigenvalue weighted by molar-refractivity contribution is 5.63. The summed E-state index contributed by atoms with van der Waals surface area (Å²) < 4.78 is 0. The van der Waals surface area contributed by atoms with Gasteiger partial charge in [-0.1, -0.05) is 95.1 Å². The van der Waals surface area contributed by atoms with Gasteiger partial charge in [-0.2, -0.15) is 0 Å². The second-order valence-corrected chi connectivity index (χ2v) is 8.63. The van der Waals surface area contributed by atoms with E-state index in [-0.39, 0.29) is 0 Å². The summed E-state index contributed by atoms with van der Waals surface area (Å²) in [6.45, 7) is 10.3. The number of anilines is 2. The van der Waals surface area contributed by atoms with Crippen LogP contribution in [0.4, 0.5) is 11.4 Å². The normalized spacial score (nSPS) is 13.1. The Kier molecular flexibility index (Phi) is 8.13. The first-order chi connectivity index (χ1) is 14.6. The van der Waals surface area contributed by atoms with E-state index in [1.807, 2.05) is 0 Å². The topological polar surface area (TPSA) is 3.24 Å². The molecule has 0 saturated carbocycles. The zero-order valence-corrected chi connectivity index (χ0v) is 19.1. The highest BCUT2D eigenvalue weighted by atomic mass is 15.1. The molecule has 0 aliphatic heterocycles. The van der Waals surface area contributed by atoms with Crippen molar-refractivity contribution in [2.75, 3.05) is 11.4 Å². The Morgan fingerprint density at radius 1 is 0.667 bits per heavy atom.